The Balaban J connectivity index is 1.83. The van der Waals surface area contributed by atoms with E-state index in [1.165, 1.54) is 7.11 Å². The lowest BCUT2D eigenvalue weighted by atomic mass is 9.91. The number of carbonyl (C=O) groups is 2. The number of rotatable bonds is 6. The molecule has 6 heteroatoms. The van der Waals surface area contributed by atoms with E-state index in [2.05, 4.69) is 10.6 Å². The highest BCUT2D eigenvalue weighted by atomic mass is 16.5. The van der Waals surface area contributed by atoms with Gasteiger partial charge in [0.25, 0.3) is 0 Å². The number of hydrogen-bond donors (Lipinski definition) is 2. The number of urea groups is 1. The van der Waals surface area contributed by atoms with Crippen LogP contribution in [0.5, 0.6) is 5.75 Å². The highest BCUT2D eigenvalue weighted by molar-refractivity contribution is 5.95. The van der Waals surface area contributed by atoms with Crippen LogP contribution in [-0.4, -0.2) is 19.1 Å². The van der Waals surface area contributed by atoms with Crippen molar-refractivity contribution in [1.29, 1.82) is 0 Å². The Morgan fingerprint density at radius 1 is 1.07 bits per heavy atom. The summed E-state index contributed by atoms with van der Waals surface area (Å²) >= 11 is 0. The van der Waals surface area contributed by atoms with Crippen LogP contribution < -0.4 is 15.4 Å². The number of amides is 2. The largest absolute Gasteiger partial charge is 0.489 e. The van der Waals surface area contributed by atoms with Gasteiger partial charge in [0.2, 0.25) is 0 Å². The van der Waals surface area contributed by atoms with E-state index in [9.17, 15) is 9.59 Å². The van der Waals surface area contributed by atoms with E-state index >= 15 is 0 Å². The molecule has 0 aliphatic carbocycles. The van der Waals surface area contributed by atoms with Gasteiger partial charge in [-0.1, -0.05) is 56.3 Å². The molecule has 1 unspecified atom stereocenters. The number of allylic oxidation sites excluding steroid dienone is 1. The van der Waals surface area contributed by atoms with Crippen LogP contribution in [0.3, 0.4) is 0 Å². The molecule has 2 N–H and O–H groups in total. The first-order valence-corrected chi connectivity index (χ1v) is 9.16. The molecule has 0 saturated heterocycles. The fourth-order valence-electron chi connectivity index (χ4n) is 3.13. The molecule has 6 nitrogen and oxygen atoms in total. The summed E-state index contributed by atoms with van der Waals surface area (Å²) in [4.78, 5) is 24.5. The van der Waals surface area contributed by atoms with E-state index in [4.69, 9.17) is 9.47 Å². The van der Waals surface area contributed by atoms with Gasteiger partial charge in [-0.2, -0.15) is 0 Å². The van der Waals surface area contributed by atoms with Gasteiger partial charge in [0, 0.05) is 5.70 Å². The Labute approximate surface area is 164 Å². The van der Waals surface area contributed by atoms with Gasteiger partial charge >= 0.3 is 12.0 Å². The van der Waals surface area contributed by atoms with Gasteiger partial charge in [0.05, 0.1) is 18.7 Å². The molecule has 2 aromatic rings. The molecule has 146 valence electrons. The van der Waals surface area contributed by atoms with Gasteiger partial charge in [0.15, 0.2) is 0 Å². The maximum Gasteiger partial charge on any atom is 0.337 e. The first-order chi connectivity index (χ1) is 13.5. The summed E-state index contributed by atoms with van der Waals surface area (Å²) in [6, 6.07) is 16.3. The van der Waals surface area contributed by atoms with E-state index < -0.39 is 12.0 Å². The summed E-state index contributed by atoms with van der Waals surface area (Å²) in [6.07, 6.45) is 0. The van der Waals surface area contributed by atoms with Crippen LogP contribution in [0.1, 0.15) is 31.0 Å². The molecule has 0 radical (unpaired) electrons. The third kappa shape index (κ3) is 4.34. The molecule has 2 aromatic carbocycles. The predicted octanol–water partition coefficient (Wildman–Crippen LogP) is 3.70. The van der Waals surface area contributed by atoms with Crippen molar-refractivity contribution in [2.45, 2.75) is 26.5 Å². The molecule has 1 aliphatic heterocycles. The molecule has 0 bridgehead atoms. The van der Waals surface area contributed by atoms with E-state index in [0.717, 1.165) is 11.1 Å². The fraction of sp³-hybridized carbons (Fsp3) is 0.273. The molecule has 1 atom stereocenters. The minimum absolute atomic E-state index is 0.0314. The molecule has 3 rings (SSSR count). The van der Waals surface area contributed by atoms with Crippen molar-refractivity contribution in [3.8, 4) is 5.75 Å². The van der Waals surface area contributed by atoms with Crippen LogP contribution >= 0.6 is 0 Å². The van der Waals surface area contributed by atoms with Crippen LogP contribution in [0.4, 0.5) is 4.79 Å². The average molecular weight is 380 g/mol. The lowest BCUT2D eigenvalue weighted by Crippen LogP contribution is -2.47. The maximum atomic E-state index is 12.4. The molecule has 1 heterocycles. The monoisotopic (exact) mass is 380 g/mol. The van der Waals surface area contributed by atoms with Crippen LogP contribution in [0, 0.1) is 5.92 Å². The average Bonchev–Trinajstić information content (AvgIpc) is 2.72. The van der Waals surface area contributed by atoms with Crippen molar-refractivity contribution in [2.24, 2.45) is 5.92 Å². The Hall–Kier alpha value is -3.28. The number of ether oxygens (including phenoxy) is 2. The zero-order valence-corrected chi connectivity index (χ0v) is 16.2. The fourth-order valence-corrected chi connectivity index (χ4v) is 3.13. The maximum absolute atomic E-state index is 12.4. The Kier molecular flexibility index (Phi) is 5.99. The number of nitrogens with one attached hydrogen (secondary N) is 2. The number of hydrogen-bond acceptors (Lipinski definition) is 4. The molecular weight excluding hydrogens is 356 g/mol. The highest BCUT2D eigenvalue weighted by Crippen LogP contribution is 2.31. The third-order valence-corrected chi connectivity index (χ3v) is 4.55. The molecule has 28 heavy (non-hydrogen) atoms. The summed E-state index contributed by atoms with van der Waals surface area (Å²) in [5.41, 5.74) is 2.84. The van der Waals surface area contributed by atoms with Gasteiger partial charge in [-0.15, -0.1) is 0 Å². The standard InChI is InChI=1S/C22H24N2O4/c1-14(2)19-18(21(25)27-3)20(24-22(26)23-19)16-9-11-17(12-10-16)28-13-15-7-5-4-6-8-15/h4-12,14,20H,13H2,1-3H3,(H2,23,24,26). The van der Waals surface area contributed by atoms with Crippen LogP contribution in [0.25, 0.3) is 0 Å². The third-order valence-electron chi connectivity index (χ3n) is 4.55. The first kappa shape index (κ1) is 19.5. The Morgan fingerprint density at radius 3 is 2.36 bits per heavy atom. The molecule has 0 saturated carbocycles. The summed E-state index contributed by atoms with van der Waals surface area (Å²) < 4.78 is 10.8. The summed E-state index contributed by atoms with van der Waals surface area (Å²) in [7, 11) is 1.33. The molecule has 0 aromatic heterocycles. The van der Waals surface area contributed by atoms with Crippen molar-refractivity contribution in [3.63, 3.8) is 0 Å². The zero-order chi connectivity index (χ0) is 20.1. The van der Waals surface area contributed by atoms with E-state index in [-0.39, 0.29) is 11.9 Å². The number of esters is 1. The van der Waals surface area contributed by atoms with Crippen LogP contribution in [0.15, 0.2) is 65.9 Å². The number of carbonyl (C=O) groups excluding carboxylic acids is 2. The zero-order valence-electron chi connectivity index (χ0n) is 16.2. The second kappa shape index (κ2) is 8.61. The molecule has 0 spiro atoms. The van der Waals surface area contributed by atoms with Crippen molar-refractivity contribution in [3.05, 3.63) is 77.0 Å². The normalized spacial score (nSPS) is 16.4. The Morgan fingerprint density at radius 2 is 1.75 bits per heavy atom. The SMILES string of the molecule is COC(=O)C1=C(C(C)C)NC(=O)NC1c1ccc(OCc2ccccc2)cc1. The van der Waals surface area contributed by atoms with Crippen LogP contribution in [0.2, 0.25) is 0 Å². The predicted molar refractivity (Wildman–Crippen MR) is 106 cm³/mol. The Bertz CT molecular complexity index is 873. The van der Waals surface area contributed by atoms with E-state index in [1.807, 2.05) is 68.4 Å². The quantitative estimate of drug-likeness (QED) is 0.749. The molecular formula is C22H24N2O4. The molecule has 1 aliphatic rings. The minimum Gasteiger partial charge on any atom is -0.489 e. The van der Waals surface area contributed by atoms with Gasteiger partial charge in [-0.3, -0.25) is 0 Å². The molecule has 0 fully saturated rings. The highest BCUT2D eigenvalue weighted by Gasteiger charge is 2.34. The first-order valence-electron chi connectivity index (χ1n) is 9.16. The lowest BCUT2D eigenvalue weighted by Gasteiger charge is -2.30. The summed E-state index contributed by atoms with van der Waals surface area (Å²) in [6.45, 7) is 4.30. The van der Waals surface area contributed by atoms with Crippen LogP contribution in [-0.2, 0) is 16.1 Å². The second-order valence-electron chi connectivity index (χ2n) is 6.85. The van der Waals surface area contributed by atoms with Crippen molar-refractivity contribution in [1.82, 2.24) is 10.6 Å². The summed E-state index contributed by atoms with van der Waals surface area (Å²) in [5, 5.41) is 5.55. The summed E-state index contributed by atoms with van der Waals surface area (Å²) in [5.74, 6) is 0.210. The topological polar surface area (TPSA) is 76.7 Å². The number of benzene rings is 2. The molecule has 2 amide bonds. The van der Waals surface area contributed by atoms with Crippen molar-refractivity contribution in [2.75, 3.05) is 7.11 Å². The smallest absolute Gasteiger partial charge is 0.337 e. The lowest BCUT2D eigenvalue weighted by molar-refractivity contribution is -0.136. The van der Waals surface area contributed by atoms with Gasteiger partial charge < -0.3 is 20.1 Å². The van der Waals surface area contributed by atoms with E-state index in [1.54, 1.807) is 0 Å². The number of methoxy groups -OCH3 is 1. The van der Waals surface area contributed by atoms with Gasteiger partial charge in [-0.05, 0) is 29.2 Å². The van der Waals surface area contributed by atoms with E-state index in [0.29, 0.717) is 23.6 Å². The second-order valence-corrected chi connectivity index (χ2v) is 6.85. The van der Waals surface area contributed by atoms with Crippen molar-refractivity contribution < 1.29 is 19.1 Å². The van der Waals surface area contributed by atoms with Crippen molar-refractivity contribution >= 4 is 12.0 Å². The minimum atomic E-state index is -0.582. The van der Waals surface area contributed by atoms with Gasteiger partial charge in [0.1, 0.15) is 12.4 Å². The van der Waals surface area contributed by atoms with Gasteiger partial charge in [-0.25, -0.2) is 9.59 Å².